The first-order chi connectivity index (χ1) is 14.8. The summed E-state index contributed by atoms with van der Waals surface area (Å²) in [6.45, 7) is 1.16. The number of carbonyl (C=O) groups is 1. The van der Waals surface area contributed by atoms with E-state index in [2.05, 4.69) is 0 Å². The van der Waals surface area contributed by atoms with Crippen LogP contribution in [-0.4, -0.2) is 48.6 Å². The van der Waals surface area contributed by atoms with Gasteiger partial charge in [0.25, 0.3) is 0 Å². The molecule has 2 unspecified atom stereocenters. The van der Waals surface area contributed by atoms with Crippen LogP contribution in [0.1, 0.15) is 35.7 Å². The Labute approximate surface area is 181 Å². The Morgan fingerprint density at radius 1 is 1.39 bits per heavy atom. The molecular formula is C21H22ClF2N3O4. The summed E-state index contributed by atoms with van der Waals surface area (Å²) in [4.78, 5) is 26.1. The lowest BCUT2D eigenvalue weighted by Crippen LogP contribution is -2.32. The zero-order valence-corrected chi connectivity index (χ0v) is 17.6. The van der Waals surface area contributed by atoms with Crippen molar-refractivity contribution < 1.29 is 23.4 Å². The first-order valence-corrected chi connectivity index (χ1v) is 10.3. The Morgan fingerprint density at radius 3 is 2.55 bits per heavy atom. The van der Waals surface area contributed by atoms with E-state index in [1.165, 1.54) is 11.7 Å². The van der Waals surface area contributed by atoms with Crippen molar-refractivity contribution in [2.75, 3.05) is 31.6 Å². The molecule has 0 bridgehead atoms. The summed E-state index contributed by atoms with van der Waals surface area (Å²) >= 11 is 6.16. The van der Waals surface area contributed by atoms with Gasteiger partial charge in [-0.3, -0.25) is 4.79 Å². The molecule has 10 heteroatoms. The van der Waals surface area contributed by atoms with E-state index in [-0.39, 0.29) is 35.3 Å². The molecule has 1 aliphatic heterocycles. The van der Waals surface area contributed by atoms with Crippen LogP contribution < -0.4 is 20.8 Å². The predicted octanol–water partition coefficient (Wildman–Crippen LogP) is 3.18. The van der Waals surface area contributed by atoms with E-state index in [0.29, 0.717) is 31.0 Å². The number of pyridine rings is 1. The number of nitrogens with two attached hydrogens (primary N) is 1. The van der Waals surface area contributed by atoms with E-state index in [1.807, 2.05) is 0 Å². The van der Waals surface area contributed by atoms with Gasteiger partial charge in [-0.25, -0.2) is 13.6 Å². The maximum Gasteiger partial charge on any atom is 0.341 e. The van der Waals surface area contributed by atoms with Crippen LogP contribution in [0, 0.1) is 5.82 Å². The standard InChI is InChI=1S/C21H22ClF2N3O4/c1-31-20-17-11(19(28)12(21(29)30)9-27(17)16-7-14(16)23)6-15(24)18(20)26-4-2-10(3-5-26)13(22)8-25/h6,9,14,16H,2-5,7-8,25H2,1H3,(H,29,30). The molecule has 7 nitrogen and oxygen atoms in total. The molecule has 0 amide bonds. The number of piperidine rings is 1. The summed E-state index contributed by atoms with van der Waals surface area (Å²) in [6, 6.07) is 0.388. The van der Waals surface area contributed by atoms with Gasteiger partial charge in [0.05, 0.1) is 24.1 Å². The molecule has 0 spiro atoms. The lowest BCUT2D eigenvalue weighted by molar-refractivity contribution is 0.0694. The second kappa shape index (κ2) is 8.12. The summed E-state index contributed by atoms with van der Waals surface area (Å²) in [7, 11) is 1.35. The van der Waals surface area contributed by atoms with Gasteiger partial charge in [0.1, 0.15) is 17.4 Å². The van der Waals surface area contributed by atoms with Crippen molar-refractivity contribution in [2.24, 2.45) is 5.73 Å². The van der Waals surface area contributed by atoms with Crippen LogP contribution in [0.3, 0.4) is 0 Å². The fourth-order valence-electron chi connectivity index (χ4n) is 4.20. The molecule has 2 fully saturated rings. The third-order valence-electron chi connectivity index (χ3n) is 5.92. The summed E-state index contributed by atoms with van der Waals surface area (Å²) in [5.41, 5.74) is 5.60. The highest BCUT2D eigenvalue weighted by molar-refractivity contribution is 6.30. The number of carboxylic acid groups (broad SMARTS) is 1. The van der Waals surface area contributed by atoms with Gasteiger partial charge in [-0.1, -0.05) is 17.2 Å². The van der Waals surface area contributed by atoms with Gasteiger partial charge in [-0.15, -0.1) is 0 Å². The van der Waals surface area contributed by atoms with Gasteiger partial charge in [-0.05, 0) is 18.9 Å². The lowest BCUT2D eigenvalue weighted by Gasteiger charge is -2.33. The second-order valence-electron chi connectivity index (χ2n) is 7.74. The SMILES string of the molecule is COc1c(N2CCC(=C(Cl)CN)CC2)c(F)cc2c(=O)c(C(=O)O)cn(C3CC3F)c12. The summed E-state index contributed by atoms with van der Waals surface area (Å²) in [6.07, 6.45) is 1.32. The highest BCUT2D eigenvalue weighted by Crippen LogP contribution is 2.45. The van der Waals surface area contributed by atoms with Crippen molar-refractivity contribution >= 4 is 34.2 Å². The number of carboxylic acids is 1. The van der Waals surface area contributed by atoms with Crippen molar-refractivity contribution in [1.82, 2.24) is 4.57 Å². The average molecular weight is 454 g/mol. The van der Waals surface area contributed by atoms with Crippen LogP contribution >= 0.6 is 11.6 Å². The number of ether oxygens (including phenoxy) is 1. The predicted molar refractivity (Wildman–Crippen MR) is 114 cm³/mol. The number of aromatic carboxylic acids is 1. The molecular weight excluding hydrogens is 432 g/mol. The van der Waals surface area contributed by atoms with Gasteiger partial charge in [0.2, 0.25) is 5.43 Å². The highest BCUT2D eigenvalue weighted by Gasteiger charge is 2.41. The van der Waals surface area contributed by atoms with E-state index < -0.39 is 35.0 Å². The molecule has 2 aliphatic rings. The quantitative estimate of drug-likeness (QED) is 0.721. The third-order valence-corrected chi connectivity index (χ3v) is 6.34. The number of rotatable bonds is 5. The van der Waals surface area contributed by atoms with Crippen molar-refractivity contribution in [3.8, 4) is 5.75 Å². The Hall–Kier alpha value is -2.65. The number of hydrogen-bond acceptors (Lipinski definition) is 5. The fourth-order valence-corrected chi connectivity index (χ4v) is 4.39. The minimum Gasteiger partial charge on any atom is -0.492 e. The number of methoxy groups -OCH3 is 1. The average Bonchev–Trinajstić information content (AvgIpc) is 3.49. The minimum absolute atomic E-state index is 0.0838. The van der Waals surface area contributed by atoms with Crippen LogP contribution in [0.15, 0.2) is 27.7 Å². The van der Waals surface area contributed by atoms with Crippen molar-refractivity contribution in [2.45, 2.75) is 31.5 Å². The molecule has 1 aromatic heterocycles. The smallest absolute Gasteiger partial charge is 0.341 e. The number of halogens is 3. The number of hydrogen-bond donors (Lipinski definition) is 2. The largest absolute Gasteiger partial charge is 0.492 e. The summed E-state index contributed by atoms with van der Waals surface area (Å²) < 4.78 is 36.1. The second-order valence-corrected chi connectivity index (χ2v) is 8.20. The highest BCUT2D eigenvalue weighted by atomic mass is 35.5. The van der Waals surface area contributed by atoms with Crippen LogP contribution in [0.5, 0.6) is 5.75 Å². The number of anilines is 1. The van der Waals surface area contributed by atoms with Crippen LogP contribution in [0.4, 0.5) is 14.5 Å². The van der Waals surface area contributed by atoms with E-state index in [9.17, 15) is 19.1 Å². The zero-order valence-electron chi connectivity index (χ0n) is 16.8. The number of nitrogens with zero attached hydrogens (tertiary/aromatic N) is 2. The van der Waals surface area contributed by atoms with Gasteiger partial charge in [-0.2, -0.15) is 0 Å². The topological polar surface area (TPSA) is 97.8 Å². The monoisotopic (exact) mass is 453 g/mol. The number of aromatic nitrogens is 1. The molecule has 4 rings (SSSR count). The van der Waals surface area contributed by atoms with E-state index in [4.69, 9.17) is 22.1 Å². The Bertz CT molecular complexity index is 1150. The normalized spacial score (nSPS) is 20.8. The van der Waals surface area contributed by atoms with E-state index in [0.717, 1.165) is 17.8 Å². The molecule has 2 atom stereocenters. The van der Waals surface area contributed by atoms with E-state index in [1.54, 1.807) is 4.90 Å². The first-order valence-electron chi connectivity index (χ1n) is 9.92. The molecule has 1 saturated heterocycles. The third kappa shape index (κ3) is 3.65. The zero-order chi connectivity index (χ0) is 22.4. The van der Waals surface area contributed by atoms with Crippen LogP contribution in [0.25, 0.3) is 10.9 Å². The summed E-state index contributed by atoms with van der Waals surface area (Å²) in [5.74, 6) is -2.08. The maximum absolute atomic E-state index is 15.3. The van der Waals surface area contributed by atoms with Crippen molar-refractivity contribution in [1.29, 1.82) is 0 Å². The van der Waals surface area contributed by atoms with E-state index >= 15 is 4.39 Å². The Morgan fingerprint density at radius 2 is 2.03 bits per heavy atom. The molecule has 0 radical (unpaired) electrons. The maximum atomic E-state index is 15.3. The Kier molecular flexibility index (Phi) is 5.65. The number of benzene rings is 1. The molecule has 31 heavy (non-hydrogen) atoms. The van der Waals surface area contributed by atoms with Crippen LogP contribution in [-0.2, 0) is 0 Å². The number of fused-ring (bicyclic) bond motifs is 1. The molecule has 3 N–H and O–H groups in total. The minimum atomic E-state index is -1.45. The number of alkyl halides is 1. The van der Waals surface area contributed by atoms with Gasteiger partial charge in [0.15, 0.2) is 11.6 Å². The fraction of sp³-hybridized carbons (Fsp3) is 0.429. The van der Waals surface area contributed by atoms with Gasteiger partial charge < -0.3 is 25.0 Å². The molecule has 2 heterocycles. The summed E-state index contributed by atoms with van der Waals surface area (Å²) in [5, 5.41) is 9.85. The molecule has 1 aromatic carbocycles. The molecule has 1 aliphatic carbocycles. The first kappa shape index (κ1) is 21.6. The van der Waals surface area contributed by atoms with Gasteiger partial charge >= 0.3 is 5.97 Å². The molecule has 1 saturated carbocycles. The van der Waals surface area contributed by atoms with Crippen LogP contribution in [0.2, 0.25) is 0 Å². The lowest BCUT2D eigenvalue weighted by atomic mass is 10.0. The molecule has 2 aromatic rings. The van der Waals surface area contributed by atoms with Crippen molar-refractivity contribution in [3.63, 3.8) is 0 Å². The Balaban J connectivity index is 1.91. The van der Waals surface area contributed by atoms with Gasteiger partial charge in [0, 0.05) is 37.3 Å². The molecule has 166 valence electrons. The van der Waals surface area contributed by atoms with Crippen molar-refractivity contribution in [3.05, 3.63) is 44.5 Å².